The number of hydrogen-bond acceptors (Lipinski definition) is 6. The normalized spacial score (nSPS) is 10.8. The fraction of sp³-hybridized carbons (Fsp3) is 0.263. The maximum atomic E-state index is 12.2. The Morgan fingerprint density at radius 1 is 1.21 bits per heavy atom. The van der Waals surface area contributed by atoms with Gasteiger partial charge in [0, 0.05) is 36.6 Å². The van der Waals surface area contributed by atoms with Gasteiger partial charge in [0.15, 0.2) is 11.0 Å². The van der Waals surface area contributed by atoms with Gasteiger partial charge in [0.25, 0.3) is 0 Å². The van der Waals surface area contributed by atoms with Crippen molar-refractivity contribution in [1.29, 1.82) is 0 Å². The summed E-state index contributed by atoms with van der Waals surface area (Å²) < 4.78 is 7.14. The number of aromatic nitrogens is 4. The monoisotopic (exact) mass is 417 g/mol. The lowest BCUT2D eigenvalue weighted by molar-refractivity contribution is -0.118. The first-order valence-corrected chi connectivity index (χ1v) is 10.0. The van der Waals surface area contributed by atoms with E-state index >= 15 is 0 Å². The molecule has 0 aliphatic carbocycles. The molecule has 0 saturated carbocycles. The van der Waals surface area contributed by atoms with Gasteiger partial charge in [-0.05, 0) is 23.8 Å². The molecule has 0 atom stereocenters. The van der Waals surface area contributed by atoms with E-state index in [4.69, 9.17) is 16.3 Å². The molecule has 1 amide bonds. The average molecular weight is 418 g/mol. The molecule has 0 unspecified atom stereocenters. The Morgan fingerprint density at radius 2 is 2.00 bits per heavy atom. The van der Waals surface area contributed by atoms with Crippen LogP contribution in [-0.2, 0) is 22.6 Å². The smallest absolute Gasteiger partial charge is 0.230 e. The highest BCUT2D eigenvalue weighted by atomic mass is 35.5. The van der Waals surface area contributed by atoms with Crippen LogP contribution in [0.2, 0.25) is 5.02 Å². The lowest BCUT2D eigenvalue weighted by Gasteiger charge is -2.10. The summed E-state index contributed by atoms with van der Waals surface area (Å²) in [5, 5.41) is 12.7. The summed E-state index contributed by atoms with van der Waals surface area (Å²) in [6.45, 7) is 1.49. The predicted octanol–water partition coefficient (Wildman–Crippen LogP) is 3.05. The molecule has 2 heterocycles. The number of thioether (sulfide) groups is 1. The first kappa shape index (κ1) is 20.3. The van der Waals surface area contributed by atoms with E-state index in [0.29, 0.717) is 29.9 Å². The van der Waals surface area contributed by atoms with Gasteiger partial charge in [0.2, 0.25) is 5.91 Å². The number of pyridine rings is 1. The molecule has 0 aliphatic rings. The number of rotatable bonds is 9. The standard InChI is InChI=1S/C19H20ClN5O2S/c1-27-11-10-25-18(14-6-8-21-9-7-14)23-24-19(25)28-13-17(26)22-12-15-4-2-3-5-16(15)20/h2-9H,10-13H2,1H3,(H,22,26). The zero-order valence-electron chi connectivity index (χ0n) is 15.3. The summed E-state index contributed by atoms with van der Waals surface area (Å²) in [6, 6.07) is 11.2. The van der Waals surface area contributed by atoms with E-state index in [1.165, 1.54) is 11.8 Å². The third-order valence-electron chi connectivity index (χ3n) is 3.94. The summed E-state index contributed by atoms with van der Waals surface area (Å²) >= 11 is 7.45. The number of benzene rings is 1. The minimum Gasteiger partial charge on any atom is -0.383 e. The average Bonchev–Trinajstić information content (AvgIpc) is 3.13. The third-order valence-corrected chi connectivity index (χ3v) is 5.28. The molecule has 0 aliphatic heterocycles. The highest BCUT2D eigenvalue weighted by molar-refractivity contribution is 7.99. The van der Waals surface area contributed by atoms with Crippen LogP contribution in [-0.4, -0.2) is 45.1 Å². The van der Waals surface area contributed by atoms with Crippen molar-refractivity contribution in [3.05, 3.63) is 59.4 Å². The van der Waals surface area contributed by atoms with Crippen molar-refractivity contribution in [2.45, 2.75) is 18.2 Å². The molecule has 1 N–H and O–H groups in total. The first-order chi connectivity index (χ1) is 13.7. The second kappa shape index (κ2) is 10.2. The predicted molar refractivity (Wildman–Crippen MR) is 109 cm³/mol. The number of amides is 1. The second-order valence-corrected chi connectivity index (χ2v) is 7.19. The van der Waals surface area contributed by atoms with Gasteiger partial charge in [-0.2, -0.15) is 0 Å². The van der Waals surface area contributed by atoms with Crippen molar-refractivity contribution in [1.82, 2.24) is 25.1 Å². The number of hydrogen-bond donors (Lipinski definition) is 1. The maximum absolute atomic E-state index is 12.2. The van der Waals surface area contributed by atoms with E-state index in [1.54, 1.807) is 25.6 Å². The minimum absolute atomic E-state index is 0.100. The zero-order chi connectivity index (χ0) is 19.8. The molecule has 3 rings (SSSR count). The van der Waals surface area contributed by atoms with E-state index in [2.05, 4.69) is 20.5 Å². The number of ether oxygens (including phenoxy) is 1. The Morgan fingerprint density at radius 3 is 2.75 bits per heavy atom. The number of carbonyl (C=O) groups excluding carboxylic acids is 1. The number of nitrogens with one attached hydrogen (secondary N) is 1. The first-order valence-electron chi connectivity index (χ1n) is 8.64. The van der Waals surface area contributed by atoms with Gasteiger partial charge in [-0.1, -0.05) is 41.6 Å². The fourth-order valence-electron chi connectivity index (χ4n) is 2.51. The molecule has 28 heavy (non-hydrogen) atoms. The van der Waals surface area contributed by atoms with Crippen molar-refractivity contribution in [3.63, 3.8) is 0 Å². The van der Waals surface area contributed by atoms with Crippen LogP contribution in [0.4, 0.5) is 0 Å². The summed E-state index contributed by atoms with van der Waals surface area (Å²) in [6.07, 6.45) is 3.42. The van der Waals surface area contributed by atoms with Crippen molar-refractivity contribution in [2.75, 3.05) is 19.5 Å². The molecule has 0 radical (unpaired) electrons. The van der Waals surface area contributed by atoms with Crippen LogP contribution in [0.15, 0.2) is 53.9 Å². The van der Waals surface area contributed by atoms with Crippen LogP contribution in [0, 0.1) is 0 Å². The minimum atomic E-state index is -0.100. The van der Waals surface area contributed by atoms with E-state index in [0.717, 1.165) is 17.0 Å². The van der Waals surface area contributed by atoms with E-state index < -0.39 is 0 Å². The van der Waals surface area contributed by atoms with Crippen molar-refractivity contribution in [3.8, 4) is 11.4 Å². The Kier molecular flexibility index (Phi) is 7.41. The number of nitrogens with zero attached hydrogens (tertiary/aromatic N) is 4. The lowest BCUT2D eigenvalue weighted by atomic mass is 10.2. The molecule has 0 saturated heterocycles. The molecule has 0 bridgehead atoms. The van der Waals surface area contributed by atoms with Crippen LogP contribution in [0.25, 0.3) is 11.4 Å². The van der Waals surface area contributed by atoms with Crippen molar-refractivity contribution >= 4 is 29.3 Å². The number of carbonyl (C=O) groups is 1. The molecular weight excluding hydrogens is 398 g/mol. The second-order valence-electron chi connectivity index (χ2n) is 5.84. The Balaban J connectivity index is 1.64. The number of halogens is 1. The van der Waals surface area contributed by atoms with Gasteiger partial charge in [0.05, 0.1) is 18.9 Å². The van der Waals surface area contributed by atoms with Gasteiger partial charge < -0.3 is 10.1 Å². The molecule has 3 aromatic rings. The topological polar surface area (TPSA) is 81.9 Å². The van der Waals surface area contributed by atoms with Crippen LogP contribution in [0.5, 0.6) is 0 Å². The Bertz CT molecular complexity index is 920. The molecule has 9 heteroatoms. The van der Waals surface area contributed by atoms with E-state index in [1.807, 2.05) is 34.9 Å². The summed E-state index contributed by atoms with van der Waals surface area (Å²) in [5.74, 6) is 0.849. The molecule has 2 aromatic heterocycles. The van der Waals surface area contributed by atoms with Gasteiger partial charge >= 0.3 is 0 Å². The van der Waals surface area contributed by atoms with E-state index in [-0.39, 0.29) is 11.7 Å². The van der Waals surface area contributed by atoms with Crippen LogP contribution < -0.4 is 5.32 Å². The summed E-state index contributed by atoms with van der Waals surface area (Å²) in [4.78, 5) is 16.3. The van der Waals surface area contributed by atoms with Gasteiger partial charge in [-0.3, -0.25) is 14.3 Å². The number of methoxy groups -OCH3 is 1. The highest BCUT2D eigenvalue weighted by Crippen LogP contribution is 2.23. The summed E-state index contributed by atoms with van der Waals surface area (Å²) in [7, 11) is 1.64. The molecule has 0 fully saturated rings. The van der Waals surface area contributed by atoms with Crippen molar-refractivity contribution < 1.29 is 9.53 Å². The van der Waals surface area contributed by atoms with Gasteiger partial charge in [-0.25, -0.2) is 0 Å². The molecule has 1 aromatic carbocycles. The Labute approximate surface area is 172 Å². The molecular formula is C19H20ClN5O2S. The third kappa shape index (κ3) is 5.31. The molecule has 7 nitrogen and oxygen atoms in total. The zero-order valence-corrected chi connectivity index (χ0v) is 16.9. The van der Waals surface area contributed by atoms with Crippen LogP contribution in [0.3, 0.4) is 0 Å². The lowest BCUT2D eigenvalue weighted by Crippen LogP contribution is -2.25. The fourth-order valence-corrected chi connectivity index (χ4v) is 3.51. The van der Waals surface area contributed by atoms with E-state index in [9.17, 15) is 4.79 Å². The molecule has 146 valence electrons. The summed E-state index contributed by atoms with van der Waals surface area (Å²) in [5.41, 5.74) is 1.79. The highest BCUT2D eigenvalue weighted by Gasteiger charge is 2.15. The molecule has 0 spiro atoms. The van der Waals surface area contributed by atoms with Crippen molar-refractivity contribution in [2.24, 2.45) is 0 Å². The van der Waals surface area contributed by atoms with Crippen LogP contribution in [0.1, 0.15) is 5.56 Å². The van der Waals surface area contributed by atoms with Gasteiger partial charge in [0.1, 0.15) is 0 Å². The largest absolute Gasteiger partial charge is 0.383 e. The van der Waals surface area contributed by atoms with Gasteiger partial charge in [-0.15, -0.1) is 10.2 Å². The Hall–Kier alpha value is -2.42. The SMILES string of the molecule is COCCn1c(SCC(=O)NCc2ccccc2Cl)nnc1-c1ccncc1. The quantitative estimate of drug-likeness (QED) is 0.539. The maximum Gasteiger partial charge on any atom is 0.230 e. The van der Waals surface area contributed by atoms with Crippen LogP contribution >= 0.6 is 23.4 Å².